The van der Waals surface area contributed by atoms with Gasteiger partial charge in [0.1, 0.15) is 6.10 Å². The van der Waals surface area contributed by atoms with Crippen LogP contribution in [0, 0.1) is 0 Å². The van der Waals surface area contributed by atoms with Gasteiger partial charge >= 0.3 is 5.97 Å². The summed E-state index contributed by atoms with van der Waals surface area (Å²) >= 11 is 0. The molecule has 2 aliphatic rings. The van der Waals surface area contributed by atoms with E-state index >= 15 is 0 Å². The molecule has 0 unspecified atom stereocenters. The highest BCUT2D eigenvalue weighted by Crippen LogP contribution is 2.49. The summed E-state index contributed by atoms with van der Waals surface area (Å²) in [6.07, 6.45) is 11.3. The van der Waals surface area contributed by atoms with E-state index in [1.165, 1.54) is 29.7 Å². The van der Waals surface area contributed by atoms with Crippen LogP contribution in [0.25, 0.3) is 0 Å². The van der Waals surface area contributed by atoms with Crippen molar-refractivity contribution in [3.63, 3.8) is 0 Å². The minimum Gasteiger partial charge on any atom is -0.455 e. The van der Waals surface area contributed by atoms with E-state index in [2.05, 4.69) is 39.8 Å². The van der Waals surface area contributed by atoms with Gasteiger partial charge < -0.3 is 14.6 Å². The van der Waals surface area contributed by atoms with Crippen molar-refractivity contribution >= 4 is 11.8 Å². The van der Waals surface area contributed by atoms with Crippen molar-refractivity contribution in [2.24, 2.45) is 0 Å². The third kappa shape index (κ3) is 6.25. The van der Waals surface area contributed by atoms with Crippen LogP contribution in [0.5, 0.6) is 0 Å². The number of epoxide rings is 1. The molecule has 1 fully saturated rings. The molecule has 5 nitrogen and oxygen atoms in total. The van der Waals surface area contributed by atoms with Gasteiger partial charge in [-0.05, 0) is 59.5 Å². The highest BCUT2D eigenvalue weighted by molar-refractivity contribution is 6.02. The molecule has 1 heterocycles. The molecule has 1 N–H and O–H groups in total. The van der Waals surface area contributed by atoms with Crippen molar-refractivity contribution in [3.8, 4) is 0 Å². The van der Waals surface area contributed by atoms with Crippen LogP contribution < -0.4 is 0 Å². The zero-order valence-electron chi connectivity index (χ0n) is 18.3. The molecule has 2 rings (SSSR count). The molecule has 0 radical (unpaired) electrons. The Morgan fingerprint density at radius 3 is 2.31 bits per heavy atom. The third-order valence-corrected chi connectivity index (χ3v) is 5.47. The lowest BCUT2D eigenvalue weighted by Crippen LogP contribution is -2.40. The Kier molecular flexibility index (Phi) is 8.17. The lowest BCUT2D eigenvalue weighted by atomic mass is 9.83. The number of esters is 1. The fourth-order valence-electron chi connectivity index (χ4n) is 3.65. The second-order valence-electron chi connectivity index (χ2n) is 8.36. The monoisotopic (exact) mass is 402 g/mol. The molecule has 0 saturated carbocycles. The molecule has 1 aliphatic heterocycles. The maximum Gasteiger partial charge on any atom is 0.303 e. The number of hydrogen-bond acceptors (Lipinski definition) is 5. The SMILES string of the molecule is CC(=O)O[C@@H]1C(CO)=CC(=O)[C@]2(C/C=C(\C)CC/C=C(\C)CCC=C(C)C)O[C@H]12. The normalized spacial score (nSPS) is 26.6. The summed E-state index contributed by atoms with van der Waals surface area (Å²) in [5, 5.41) is 9.47. The topological polar surface area (TPSA) is 76.1 Å². The molecule has 0 aromatic carbocycles. The number of carbonyl (C=O) groups excluding carboxylic acids is 2. The molecule has 0 spiro atoms. The number of aliphatic hydroxyl groups excluding tert-OH is 1. The standard InChI is InChI=1S/C24H34O5/c1-16(2)8-6-9-17(3)10-7-11-18(4)12-13-24-21(27)14-20(15-25)22(23(24)29-24)28-19(5)26/h8,10,12,14,22-23,25H,6-7,9,11,13,15H2,1-5H3/b17-10+,18-12+/t22-,23-,24+/m1/s1. The summed E-state index contributed by atoms with van der Waals surface area (Å²) in [4.78, 5) is 23.9. The minimum atomic E-state index is -0.948. The molecular weight excluding hydrogens is 368 g/mol. The smallest absolute Gasteiger partial charge is 0.303 e. The van der Waals surface area contributed by atoms with Crippen LogP contribution in [-0.4, -0.2) is 41.3 Å². The summed E-state index contributed by atoms with van der Waals surface area (Å²) in [6.45, 7) is 9.45. The van der Waals surface area contributed by atoms with Gasteiger partial charge in [0.05, 0.1) is 6.61 Å². The van der Waals surface area contributed by atoms with Gasteiger partial charge in [0.15, 0.2) is 17.5 Å². The summed E-state index contributed by atoms with van der Waals surface area (Å²) < 4.78 is 11.0. The first-order chi connectivity index (χ1) is 13.7. The zero-order valence-corrected chi connectivity index (χ0v) is 18.3. The van der Waals surface area contributed by atoms with Crippen LogP contribution in [0.2, 0.25) is 0 Å². The molecule has 0 bridgehead atoms. The second-order valence-corrected chi connectivity index (χ2v) is 8.36. The van der Waals surface area contributed by atoms with Gasteiger partial charge in [-0.3, -0.25) is 9.59 Å². The molecule has 5 heteroatoms. The van der Waals surface area contributed by atoms with E-state index in [1.54, 1.807) is 0 Å². The number of allylic oxidation sites excluding steroid dienone is 5. The van der Waals surface area contributed by atoms with Crippen LogP contribution in [0.1, 0.15) is 66.7 Å². The Morgan fingerprint density at radius 1 is 1.10 bits per heavy atom. The van der Waals surface area contributed by atoms with Gasteiger partial charge in [-0.2, -0.15) is 0 Å². The van der Waals surface area contributed by atoms with E-state index in [4.69, 9.17) is 9.47 Å². The number of aliphatic hydroxyl groups is 1. The quantitative estimate of drug-likeness (QED) is 0.334. The van der Waals surface area contributed by atoms with Crippen molar-refractivity contribution in [1.82, 2.24) is 0 Å². The summed E-state index contributed by atoms with van der Waals surface area (Å²) in [5.41, 5.74) is 3.41. The number of ketones is 1. The van der Waals surface area contributed by atoms with Gasteiger partial charge in [-0.1, -0.05) is 34.9 Å². The first-order valence-corrected chi connectivity index (χ1v) is 10.3. The fraction of sp³-hybridized carbons (Fsp3) is 0.583. The third-order valence-electron chi connectivity index (χ3n) is 5.47. The molecule has 0 amide bonds. The van der Waals surface area contributed by atoms with Crippen LogP contribution in [0.4, 0.5) is 0 Å². The molecule has 1 saturated heterocycles. The number of carbonyl (C=O) groups is 2. The molecule has 0 aromatic heterocycles. The maximum absolute atomic E-state index is 12.5. The maximum atomic E-state index is 12.5. The molecular formula is C24H34O5. The van der Waals surface area contributed by atoms with Gasteiger partial charge in [-0.25, -0.2) is 0 Å². The van der Waals surface area contributed by atoms with Gasteiger partial charge in [0.2, 0.25) is 0 Å². The van der Waals surface area contributed by atoms with Crippen molar-refractivity contribution in [3.05, 3.63) is 46.6 Å². The van der Waals surface area contributed by atoms with E-state index in [0.29, 0.717) is 12.0 Å². The Hall–Kier alpha value is -1.98. The summed E-state index contributed by atoms with van der Waals surface area (Å²) in [6, 6.07) is 0. The van der Waals surface area contributed by atoms with E-state index in [-0.39, 0.29) is 12.4 Å². The molecule has 160 valence electrons. The predicted molar refractivity (Wildman–Crippen MR) is 113 cm³/mol. The average Bonchev–Trinajstić information content (AvgIpc) is 3.38. The largest absolute Gasteiger partial charge is 0.455 e. The first-order valence-electron chi connectivity index (χ1n) is 10.3. The molecule has 1 aliphatic carbocycles. The van der Waals surface area contributed by atoms with Crippen molar-refractivity contribution in [2.75, 3.05) is 6.61 Å². The van der Waals surface area contributed by atoms with E-state index in [0.717, 1.165) is 25.7 Å². The van der Waals surface area contributed by atoms with Crippen LogP contribution in [-0.2, 0) is 19.1 Å². The van der Waals surface area contributed by atoms with Gasteiger partial charge in [0, 0.05) is 18.9 Å². The first kappa shape index (κ1) is 23.3. The number of hydrogen-bond donors (Lipinski definition) is 1. The lowest BCUT2D eigenvalue weighted by Gasteiger charge is -2.23. The van der Waals surface area contributed by atoms with E-state index < -0.39 is 23.8 Å². The Morgan fingerprint density at radius 2 is 1.72 bits per heavy atom. The van der Waals surface area contributed by atoms with Crippen molar-refractivity contribution in [1.29, 1.82) is 0 Å². The Bertz CT molecular complexity index is 751. The van der Waals surface area contributed by atoms with Crippen LogP contribution >= 0.6 is 0 Å². The summed E-state index contributed by atoms with van der Waals surface area (Å²) in [5.74, 6) is -0.611. The molecule has 29 heavy (non-hydrogen) atoms. The predicted octanol–water partition coefficient (Wildman–Crippen LogP) is 4.37. The van der Waals surface area contributed by atoms with Gasteiger partial charge in [0.25, 0.3) is 0 Å². The van der Waals surface area contributed by atoms with Crippen LogP contribution in [0.15, 0.2) is 46.6 Å². The van der Waals surface area contributed by atoms with Crippen molar-refractivity contribution in [2.45, 2.75) is 84.5 Å². The van der Waals surface area contributed by atoms with E-state index in [1.807, 2.05) is 6.08 Å². The highest BCUT2D eigenvalue weighted by atomic mass is 16.7. The minimum absolute atomic E-state index is 0.158. The number of ether oxygens (including phenoxy) is 2. The molecule has 3 atom stereocenters. The highest BCUT2D eigenvalue weighted by Gasteiger charge is 2.67. The zero-order chi connectivity index (χ0) is 21.6. The Labute approximate surface area is 174 Å². The summed E-state index contributed by atoms with van der Waals surface area (Å²) in [7, 11) is 0. The molecule has 0 aromatic rings. The van der Waals surface area contributed by atoms with Crippen molar-refractivity contribution < 1.29 is 24.2 Å². The lowest BCUT2D eigenvalue weighted by molar-refractivity contribution is -0.146. The number of fused-ring (bicyclic) bond motifs is 1. The second kappa shape index (κ2) is 10.2. The van der Waals surface area contributed by atoms with E-state index in [9.17, 15) is 14.7 Å². The Balaban J connectivity index is 1.90. The van der Waals surface area contributed by atoms with Gasteiger partial charge in [-0.15, -0.1) is 0 Å². The fourth-order valence-corrected chi connectivity index (χ4v) is 3.65. The average molecular weight is 403 g/mol. The van der Waals surface area contributed by atoms with Crippen LogP contribution in [0.3, 0.4) is 0 Å². The number of rotatable bonds is 10.